The molecule has 0 aromatic heterocycles. The van der Waals surface area contributed by atoms with Crippen LogP contribution in [0.2, 0.25) is 0 Å². The average Bonchev–Trinajstić information content (AvgIpc) is 2.86. The molecule has 0 radical (unpaired) electrons. The van der Waals surface area contributed by atoms with E-state index in [9.17, 15) is 14.7 Å². The van der Waals surface area contributed by atoms with Crippen LogP contribution >= 0.6 is 0 Å². The fraction of sp³-hybridized carbons (Fsp3) is 0.917. The van der Waals surface area contributed by atoms with Gasteiger partial charge in [-0.2, -0.15) is 0 Å². The molecule has 5 heteroatoms. The van der Waals surface area contributed by atoms with E-state index >= 15 is 0 Å². The molecule has 0 aromatic rings. The quantitative estimate of drug-likeness (QED) is 0.662. The lowest BCUT2D eigenvalue weighted by atomic mass is 9.56. The Morgan fingerprint density at radius 2 is 1.34 bits per heavy atom. The minimum Gasteiger partial charge on any atom is -0.465 e. The van der Waals surface area contributed by atoms with Crippen LogP contribution in [-0.4, -0.2) is 36.9 Å². The zero-order chi connectivity index (χ0) is 22.1. The molecule has 2 saturated carbocycles. The first kappa shape index (κ1) is 24.2. The van der Waals surface area contributed by atoms with Gasteiger partial charge in [0.1, 0.15) is 13.2 Å². The van der Waals surface area contributed by atoms with Crippen LogP contribution in [0.5, 0.6) is 0 Å². The first-order valence-electron chi connectivity index (χ1n) is 11.2. The van der Waals surface area contributed by atoms with Crippen LogP contribution in [0, 0.1) is 33.5 Å². The van der Waals surface area contributed by atoms with Crippen molar-refractivity contribution in [1.29, 1.82) is 0 Å². The maximum absolute atomic E-state index is 12.6. The maximum Gasteiger partial charge on any atom is 0.311 e. The van der Waals surface area contributed by atoms with Gasteiger partial charge in [-0.25, -0.2) is 0 Å². The second kappa shape index (κ2) is 8.56. The third-order valence-electron chi connectivity index (χ3n) is 7.45. The molecule has 2 aliphatic rings. The van der Waals surface area contributed by atoms with Gasteiger partial charge in [0, 0.05) is 12.0 Å². The van der Waals surface area contributed by atoms with Gasteiger partial charge in [0.15, 0.2) is 0 Å². The fourth-order valence-electron chi connectivity index (χ4n) is 5.49. The summed E-state index contributed by atoms with van der Waals surface area (Å²) in [6.45, 7) is 14.0. The van der Waals surface area contributed by atoms with Gasteiger partial charge in [0.2, 0.25) is 0 Å². The van der Waals surface area contributed by atoms with Gasteiger partial charge >= 0.3 is 11.9 Å². The lowest BCUT2D eigenvalue weighted by molar-refractivity contribution is -0.174. The van der Waals surface area contributed by atoms with Crippen LogP contribution in [0.3, 0.4) is 0 Å². The van der Waals surface area contributed by atoms with Crippen molar-refractivity contribution in [1.82, 2.24) is 0 Å². The Morgan fingerprint density at radius 1 is 0.897 bits per heavy atom. The molecule has 0 unspecified atom stereocenters. The Bertz CT molecular complexity index is 559. The van der Waals surface area contributed by atoms with Crippen LogP contribution in [-0.2, 0) is 19.1 Å². The van der Waals surface area contributed by atoms with Crippen molar-refractivity contribution >= 4 is 11.9 Å². The lowest BCUT2D eigenvalue weighted by Crippen LogP contribution is -2.50. The standard InChI is InChI=1S/C24H42O5/c1-17-18(14-25)13-23(15-28-19(26)21(2,3)4,16-29-20(27)22(5,6)7)24(17)11-9-8-10-12-24/h17-18,25H,8-16H2,1-7H3/t17-,18-/m1/s1. The van der Waals surface area contributed by atoms with Crippen LogP contribution in [0.25, 0.3) is 0 Å². The molecule has 2 rings (SSSR count). The summed E-state index contributed by atoms with van der Waals surface area (Å²) in [5, 5.41) is 10.1. The molecule has 0 heterocycles. The molecule has 2 atom stereocenters. The van der Waals surface area contributed by atoms with Crippen molar-refractivity contribution < 1.29 is 24.2 Å². The van der Waals surface area contributed by atoms with Crippen molar-refractivity contribution in [2.45, 2.75) is 87.0 Å². The number of carbonyl (C=O) groups is 2. The van der Waals surface area contributed by atoms with E-state index in [-0.39, 0.29) is 43.1 Å². The molecule has 1 spiro atoms. The van der Waals surface area contributed by atoms with E-state index in [2.05, 4.69) is 6.92 Å². The monoisotopic (exact) mass is 410 g/mol. The van der Waals surface area contributed by atoms with E-state index in [0.717, 1.165) is 32.1 Å². The van der Waals surface area contributed by atoms with Crippen LogP contribution < -0.4 is 0 Å². The maximum atomic E-state index is 12.6. The van der Waals surface area contributed by atoms with Crippen LogP contribution in [0.1, 0.15) is 87.0 Å². The zero-order valence-corrected chi connectivity index (χ0v) is 19.6. The minimum atomic E-state index is -0.580. The summed E-state index contributed by atoms with van der Waals surface area (Å²) in [4.78, 5) is 25.2. The third kappa shape index (κ3) is 4.81. The summed E-state index contributed by atoms with van der Waals surface area (Å²) in [5.74, 6) is -0.0283. The summed E-state index contributed by atoms with van der Waals surface area (Å²) in [5.41, 5.74) is -1.68. The van der Waals surface area contributed by atoms with Crippen LogP contribution in [0.4, 0.5) is 0 Å². The van der Waals surface area contributed by atoms with Gasteiger partial charge in [0.05, 0.1) is 10.8 Å². The van der Waals surface area contributed by atoms with Gasteiger partial charge in [-0.15, -0.1) is 0 Å². The number of esters is 2. The first-order valence-corrected chi connectivity index (χ1v) is 11.2. The number of carbonyl (C=O) groups excluding carboxylic acids is 2. The highest BCUT2D eigenvalue weighted by atomic mass is 16.5. The Balaban J connectivity index is 2.38. The lowest BCUT2D eigenvalue weighted by Gasteiger charge is -2.50. The topological polar surface area (TPSA) is 72.8 Å². The molecular weight excluding hydrogens is 368 g/mol. The SMILES string of the molecule is C[C@@H]1[C@@H](CO)CC(COC(=O)C(C)(C)C)(COC(=O)C(C)(C)C)C12CCCCC2. The molecule has 0 amide bonds. The van der Waals surface area contributed by atoms with Crippen LogP contribution in [0.15, 0.2) is 0 Å². The Labute approximate surface area is 176 Å². The van der Waals surface area contributed by atoms with Gasteiger partial charge in [-0.05, 0) is 78.1 Å². The van der Waals surface area contributed by atoms with Crippen molar-refractivity contribution in [3.05, 3.63) is 0 Å². The summed E-state index contributed by atoms with van der Waals surface area (Å²) in [6, 6.07) is 0. The predicted molar refractivity (Wildman–Crippen MR) is 113 cm³/mol. The second-order valence-corrected chi connectivity index (χ2v) is 11.6. The molecule has 0 aliphatic heterocycles. The minimum absolute atomic E-state index is 0.0744. The molecule has 2 fully saturated rings. The molecular formula is C24H42O5. The number of hydrogen-bond acceptors (Lipinski definition) is 5. The van der Waals surface area contributed by atoms with Gasteiger partial charge in [-0.1, -0.05) is 26.2 Å². The van der Waals surface area contributed by atoms with E-state index in [1.54, 1.807) is 0 Å². The highest BCUT2D eigenvalue weighted by Gasteiger charge is 2.63. The highest BCUT2D eigenvalue weighted by Crippen LogP contribution is 2.65. The Kier molecular flexibility index (Phi) is 7.14. The van der Waals surface area contributed by atoms with Gasteiger partial charge < -0.3 is 14.6 Å². The molecule has 0 bridgehead atoms. The summed E-state index contributed by atoms with van der Waals surface area (Å²) >= 11 is 0. The third-order valence-corrected chi connectivity index (χ3v) is 7.45. The van der Waals surface area contributed by atoms with Gasteiger partial charge in [-0.3, -0.25) is 9.59 Å². The number of ether oxygens (including phenoxy) is 2. The summed E-state index contributed by atoms with van der Waals surface area (Å²) in [7, 11) is 0. The largest absolute Gasteiger partial charge is 0.465 e. The number of aliphatic hydroxyl groups excluding tert-OH is 1. The van der Waals surface area contributed by atoms with Crippen molar-refractivity contribution in [3.8, 4) is 0 Å². The predicted octanol–water partition coefficient (Wildman–Crippen LogP) is 4.75. The van der Waals surface area contributed by atoms with E-state index < -0.39 is 16.2 Å². The zero-order valence-electron chi connectivity index (χ0n) is 19.6. The molecule has 1 N–H and O–H groups in total. The Hall–Kier alpha value is -1.10. The van der Waals surface area contributed by atoms with Crippen molar-refractivity contribution in [2.75, 3.05) is 19.8 Å². The molecule has 5 nitrogen and oxygen atoms in total. The highest BCUT2D eigenvalue weighted by molar-refractivity contribution is 5.76. The molecule has 0 aromatic carbocycles. The van der Waals surface area contributed by atoms with E-state index in [1.165, 1.54) is 6.42 Å². The number of rotatable bonds is 5. The molecule has 0 saturated heterocycles. The van der Waals surface area contributed by atoms with E-state index in [1.807, 2.05) is 41.5 Å². The summed E-state index contributed by atoms with van der Waals surface area (Å²) < 4.78 is 11.7. The van der Waals surface area contributed by atoms with E-state index in [0.29, 0.717) is 5.92 Å². The smallest absolute Gasteiger partial charge is 0.311 e. The molecule has 168 valence electrons. The fourth-order valence-corrected chi connectivity index (χ4v) is 5.49. The first-order chi connectivity index (χ1) is 13.3. The second-order valence-electron chi connectivity index (χ2n) is 11.6. The van der Waals surface area contributed by atoms with Gasteiger partial charge in [0.25, 0.3) is 0 Å². The molecule has 29 heavy (non-hydrogen) atoms. The average molecular weight is 411 g/mol. The van der Waals surface area contributed by atoms with E-state index in [4.69, 9.17) is 9.47 Å². The molecule has 2 aliphatic carbocycles. The Morgan fingerprint density at radius 3 is 1.72 bits per heavy atom. The normalized spacial score (nSPS) is 26.3. The number of hydrogen-bond donors (Lipinski definition) is 1. The van der Waals surface area contributed by atoms with Crippen molar-refractivity contribution in [3.63, 3.8) is 0 Å². The number of aliphatic hydroxyl groups is 1. The summed E-state index contributed by atoms with van der Waals surface area (Å²) in [6.07, 6.45) is 6.25. The van der Waals surface area contributed by atoms with Crippen molar-refractivity contribution in [2.24, 2.45) is 33.5 Å².